The quantitative estimate of drug-likeness (QED) is 0.549. The molecule has 1 rings (SSSR count). The fraction of sp³-hybridized carbons (Fsp3) is 0.750. The Morgan fingerprint density at radius 1 is 1.42 bits per heavy atom. The van der Waals surface area contributed by atoms with Gasteiger partial charge in [-0.3, -0.25) is 9.59 Å². The van der Waals surface area contributed by atoms with Crippen LogP contribution in [0.5, 0.6) is 0 Å². The molecule has 0 aromatic carbocycles. The van der Waals surface area contributed by atoms with Gasteiger partial charge in [0.25, 0.3) is 0 Å². The van der Waals surface area contributed by atoms with Gasteiger partial charge in [-0.25, -0.2) is 0 Å². The highest BCUT2D eigenvalue weighted by molar-refractivity contribution is 6.39. The largest absolute Gasteiger partial charge is 0.388 e. The maximum absolute atomic E-state index is 10.9. The first-order valence-electron chi connectivity index (χ1n) is 4.02. The van der Waals surface area contributed by atoms with E-state index in [9.17, 15) is 14.7 Å². The van der Waals surface area contributed by atoms with E-state index >= 15 is 0 Å². The van der Waals surface area contributed by atoms with Gasteiger partial charge >= 0.3 is 0 Å². The number of Topliss-reactive ketones (excluding diaryl/α,β-unsaturated/α-hetero) is 2. The van der Waals surface area contributed by atoms with Crippen molar-refractivity contribution in [2.75, 3.05) is 6.61 Å². The monoisotopic (exact) mass is 172 g/mol. The second-order valence-corrected chi connectivity index (χ2v) is 3.08. The zero-order chi connectivity index (χ0) is 9.14. The third-order valence-corrected chi connectivity index (χ3v) is 2.28. The molecule has 1 aliphatic rings. The zero-order valence-electron chi connectivity index (χ0n) is 6.69. The third-order valence-electron chi connectivity index (χ3n) is 2.28. The lowest BCUT2D eigenvalue weighted by molar-refractivity contribution is -0.145. The third kappa shape index (κ3) is 1.70. The summed E-state index contributed by atoms with van der Waals surface area (Å²) in [6, 6.07) is 0. The highest BCUT2D eigenvalue weighted by Gasteiger charge is 2.33. The summed E-state index contributed by atoms with van der Waals surface area (Å²) in [5, 5.41) is 17.6. The van der Waals surface area contributed by atoms with E-state index in [2.05, 4.69) is 0 Å². The Morgan fingerprint density at radius 2 is 2.00 bits per heavy atom. The van der Waals surface area contributed by atoms with Gasteiger partial charge in [0.1, 0.15) is 12.7 Å². The molecule has 0 aliphatic heterocycles. The number of carbonyl (C=O) groups excluding carboxylic acids is 2. The Kier molecular flexibility index (Phi) is 2.94. The van der Waals surface area contributed by atoms with Crippen LogP contribution in [-0.2, 0) is 9.59 Å². The fourth-order valence-electron chi connectivity index (χ4n) is 1.21. The van der Waals surface area contributed by atoms with Crippen molar-refractivity contribution in [3.63, 3.8) is 0 Å². The molecule has 1 aliphatic carbocycles. The highest BCUT2D eigenvalue weighted by atomic mass is 16.3. The molecular weight excluding hydrogens is 160 g/mol. The van der Waals surface area contributed by atoms with Gasteiger partial charge in [0.15, 0.2) is 0 Å². The smallest absolute Gasteiger partial charge is 0.229 e. The summed E-state index contributed by atoms with van der Waals surface area (Å²) >= 11 is 0. The average Bonchev–Trinajstić information content (AvgIpc) is 1.98. The van der Waals surface area contributed by atoms with Gasteiger partial charge in [-0.2, -0.15) is 0 Å². The minimum atomic E-state index is -1.18. The Labute approximate surface area is 70.2 Å². The number of hydrogen-bond donors (Lipinski definition) is 2. The summed E-state index contributed by atoms with van der Waals surface area (Å²) in [6.07, 6.45) is 1.41. The van der Waals surface area contributed by atoms with Crippen LogP contribution < -0.4 is 0 Å². The van der Waals surface area contributed by atoms with Crippen LogP contribution in [0.4, 0.5) is 0 Å². The lowest BCUT2D eigenvalue weighted by Crippen LogP contribution is -2.39. The van der Waals surface area contributed by atoms with Crippen LogP contribution in [0.25, 0.3) is 0 Å². The molecule has 1 saturated carbocycles. The second kappa shape index (κ2) is 3.78. The Balaban J connectivity index is 2.45. The van der Waals surface area contributed by atoms with Crippen molar-refractivity contribution in [3.05, 3.63) is 0 Å². The minimum Gasteiger partial charge on any atom is -0.388 e. The summed E-state index contributed by atoms with van der Waals surface area (Å²) in [6.45, 7) is -0.803. The molecule has 2 N–H and O–H groups in total. The van der Waals surface area contributed by atoms with Gasteiger partial charge in [-0.1, -0.05) is 6.42 Å². The van der Waals surface area contributed by atoms with Crippen LogP contribution in [-0.4, -0.2) is 34.5 Å². The lowest BCUT2D eigenvalue weighted by Gasteiger charge is -2.28. The van der Waals surface area contributed by atoms with Gasteiger partial charge in [-0.15, -0.1) is 0 Å². The molecule has 0 amide bonds. The van der Waals surface area contributed by atoms with Crippen molar-refractivity contribution in [2.24, 2.45) is 5.92 Å². The molecule has 12 heavy (non-hydrogen) atoms. The van der Waals surface area contributed by atoms with E-state index < -0.39 is 24.3 Å². The molecule has 0 radical (unpaired) electrons. The lowest BCUT2D eigenvalue weighted by atomic mass is 9.79. The van der Waals surface area contributed by atoms with Crippen molar-refractivity contribution in [1.82, 2.24) is 0 Å². The molecule has 0 heterocycles. The first kappa shape index (κ1) is 9.35. The molecule has 4 nitrogen and oxygen atoms in total. The van der Waals surface area contributed by atoms with Gasteiger partial charge < -0.3 is 10.2 Å². The number of ketones is 2. The topological polar surface area (TPSA) is 74.6 Å². The molecule has 4 heteroatoms. The molecule has 0 spiro atoms. The Hall–Kier alpha value is -0.740. The fourth-order valence-corrected chi connectivity index (χ4v) is 1.21. The predicted octanol–water partition coefficient (Wildman–Crippen LogP) is -0.722. The summed E-state index contributed by atoms with van der Waals surface area (Å²) < 4.78 is 0. The maximum atomic E-state index is 10.9. The van der Waals surface area contributed by atoms with Crippen LogP contribution >= 0.6 is 0 Å². The highest BCUT2D eigenvalue weighted by Crippen LogP contribution is 2.29. The standard InChI is InChI=1S/C8H12O4/c9-4-6(10)8(12)7(11)5-2-1-3-5/h5,7,9,11H,1-4H2. The molecule has 0 bridgehead atoms. The second-order valence-electron chi connectivity index (χ2n) is 3.08. The van der Waals surface area contributed by atoms with Crippen molar-refractivity contribution >= 4 is 11.6 Å². The first-order valence-corrected chi connectivity index (χ1v) is 4.02. The van der Waals surface area contributed by atoms with Gasteiger partial charge in [0.05, 0.1) is 0 Å². The molecular formula is C8H12O4. The molecule has 1 fully saturated rings. The average molecular weight is 172 g/mol. The molecule has 0 aromatic heterocycles. The molecule has 1 unspecified atom stereocenters. The van der Waals surface area contributed by atoms with Crippen molar-refractivity contribution in [2.45, 2.75) is 25.4 Å². The van der Waals surface area contributed by atoms with Crippen LogP contribution in [0.15, 0.2) is 0 Å². The maximum Gasteiger partial charge on any atom is 0.229 e. The van der Waals surface area contributed by atoms with E-state index in [-0.39, 0.29) is 5.92 Å². The summed E-state index contributed by atoms with van der Waals surface area (Å²) in [5.74, 6) is -1.80. The summed E-state index contributed by atoms with van der Waals surface area (Å²) in [4.78, 5) is 21.6. The van der Waals surface area contributed by atoms with Gasteiger partial charge in [-0.05, 0) is 18.8 Å². The van der Waals surface area contributed by atoms with Crippen LogP contribution in [0.2, 0.25) is 0 Å². The Morgan fingerprint density at radius 3 is 2.33 bits per heavy atom. The van der Waals surface area contributed by atoms with E-state index in [0.29, 0.717) is 0 Å². The van der Waals surface area contributed by atoms with Crippen LogP contribution in [0.3, 0.4) is 0 Å². The Bertz CT molecular complexity index is 195. The number of aliphatic hydroxyl groups is 2. The zero-order valence-corrected chi connectivity index (χ0v) is 6.69. The normalized spacial score (nSPS) is 19.8. The van der Waals surface area contributed by atoms with E-state index in [1.54, 1.807) is 0 Å². The van der Waals surface area contributed by atoms with Crippen LogP contribution in [0.1, 0.15) is 19.3 Å². The van der Waals surface area contributed by atoms with Crippen molar-refractivity contribution in [1.29, 1.82) is 0 Å². The number of carbonyl (C=O) groups is 2. The SMILES string of the molecule is O=C(CO)C(=O)C(O)C1CCC1. The molecule has 1 atom stereocenters. The van der Waals surface area contributed by atoms with E-state index in [0.717, 1.165) is 19.3 Å². The minimum absolute atomic E-state index is 0.0620. The number of rotatable bonds is 4. The van der Waals surface area contributed by atoms with Crippen molar-refractivity contribution < 1.29 is 19.8 Å². The molecule has 0 saturated heterocycles. The van der Waals surface area contributed by atoms with E-state index in [1.807, 2.05) is 0 Å². The first-order chi connectivity index (χ1) is 5.66. The summed E-state index contributed by atoms with van der Waals surface area (Å²) in [5.41, 5.74) is 0. The van der Waals surface area contributed by atoms with E-state index in [4.69, 9.17) is 5.11 Å². The number of hydrogen-bond acceptors (Lipinski definition) is 4. The molecule has 0 aromatic rings. The van der Waals surface area contributed by atoms with Crippen molar-refractivity contribution in [3.8, 4) is 0 Å². The van der Waals surface area contributed by atoms with Gasteiger partial charge in [0.2, 0.25) is 11.6 Å². The predicted molar refractivity (Wildman–Crippen MR) is 40.4 cm³/mol. The van der Waals surface area contributed by atoms with Crippen LogP contribution in [0, 0.1) is 5.92 Å². The summed E-state index contributed by atoms with van der Waals surface area (Å²) in [7, 11) is 0. The molecule has 68 valence electrons. The van der Waals surface area contributed by atoms with Gasteiger partial charge in [0, 0.05) is 0 Å². The number of aliphatic hydroxyl groups excluding tert-OH is 2. The van der Waals surface area contributed by atoms with E-state index in [1.165, 1.54) is 0 Å².